The van der Waals surface area contributed by atoms with Gasteiger partial charge in [-0.05, 0) is 14.1 Å². The Balaban J connectivity index is 2.53. The molecule has 0 bridgehead atoms. The normalized spacial score (nSPS) is 10.3. The third kappa shape index (κ3) is 4.04. The predicted octanol–water partition coefficient (Wildman–Crippen LogP) is 1.39. The van der Waals surface area contributed by atoms with Crippen LogP contribution in [-0.2, 0) is 4.79 Å². The van der Waals surface area contributed by atoms with E-state index in [1.807, 2.05) is 20.2 Å². The number of likely N-dealkylation sites (N-methyl/N-ethyl adjacent to an activating group) is 1. The van der Waals surface area contributed by atoms with E-state index in [0.717, 1.165) is 0 Å². The Kier molecular flexibility index (Phi) is 4.18. The minimum absolute atomic E-state index is 0.0117. The van der Waals surface area contributed by atoms with Crippen molar-refractivity contribution < 1.29 is 9.59 Å². The van der Waals surface area contributed by atoms with Crippen molar-refractivity contribution >= 4 is 11.6 Å². The molecule has 1 aromatic carbocycles. The monoisotopic (exact) mass is 205 g/mol. The molecule has 0 aliphatic heterocycles. The van der Waals surface area contributed by atoms with E-state index in [0.29, 0.717) is 12.1 Å². The zero-order valence-corrected chi connectivity index (χ0v) is 9.06. The van der Waals surface area contributed by atoms with Crippen LogP contribution in [0.1, 0.15) is 16.8 Å². The first-order valence-corrected chi connectivity index (χ1v) is 4.84. The van der Waals surface area contributed by atoms with E-state index in [1.54, 1.807) is 29.2 Å². The van der Waals surface area contributed by atoms with Crippen LogP contribution in [-0.4, -0.2) is 37.1 Å². The van der Waals surface area contributed by atoms with Gasteiger partial charge in [0.25, 0.3) is 0 Å². The molecule has 0 aliphatic carbocycles. The lowest BCUT2D eigenvalue weighted by molar-refractivity contribution is -0.118. The molecule has 1 rings (SSSR count). The van der Waals surface area contributed by atoms with Gasteiger partial charge in [0.05, 0.1) is 13.0 Å². The number of hydrogen-bond acceptors (Lipinski definition) is 3. The molecule has 0 radical (unpaired) electrons. The van der Waals surface area contributed by atoms with Crippen LogP contribution >= 0.6 is 0 Å². The third-order valence-corrected chi connectivity index (χ3v) is 1.95. The fraction of sp³-hybridized carbons (Fsp3) is 0.333. The summed E-state index contributed by atoms with van der Waals surface area (Å²) in [6.07, 6.45) is -0.0117. The lowest BCUT2D eigenvalue weighted by Gasteiger charge is -2.07. The number of benzene rings is 1. The Hall–Kier alpha value is -1.48. The highest BCUT2D eigenvalue weighted by Gasteiger charge is 2.11. The molecule has 15 heavy (non-hydrogen) atoms. The van der Waals surface area contributed by atoms with Gasteiger partial charge in [0.1, 0.15) is 0 Å². The number of carbonyl (C=O) groups excluding carboxylic acids is 2. The summed E-state index contributed by atoms with van der Waals surface area (Å²) in [5, 5.41) is 0. The second-order valence-electron chi connectivity index (χ2n) is 3.74. The molecule has 0 amide bonds. The van der Waals surface area contributed by atoms with E-state index >= 15 is 0 Å². The number of hydrogen-bond donors (Lipinski definition) is 0. The summed E-state index contributed by atoms with van der Waals surface area (Å²) < 4.78 is 0. The predicted molar refractivity (Wildman–Crippen MR) is 59.0 cm³/mol. The van der Waals surface area contributed by atoms with E-state index in [9.17, 15) is 9.59 Å². The van der Waals surface area contributed by atoms with Gasteiger partial charge in [0, 0.05) is 5.56 Å². The summed E-state index contributed by atoms with van der Waals surface area (Å²) in [6.45, 7) is 0.318. The van der Waals surface area contributed by atoms with Crippen LogP contribution in [0.5, 0.6) is 0 Å². The fourth-order valence-corrected chi connectivity index (χ4v) is 1.31. The number of Topliss-reactive ketones (excluding diaryl/α,β-unsaturated/α-hetero) is 2. The lowest BCUT2D eigenvalue weighted by Crippen LogP contribution is -2.23. The topological polar surface area (TPSA) is 37.4 Å². The summed E-state index contributed by atoms with van der Waals surface area (Å²) in [5.41, 5.74) is 0.601. The van der Waals surface area contributed by atoms with Crippen LogP contribution in [0, 0.1) is 0 Å². The van der Waals surface area contributed by atoms with Gasteiger partial charge in [-0.25, -0.2) is 0 Å². The molecule has 0 aliphatic rings. The quantitative estimate of drug-likeness (QED) is 0.538. The first-order valence-electron chi connectivity index (χ1n) is 4.84. The molecule has 0 N–H and O–H groups in total. The van der Waals surface area contributed by atoms with E-state index < -0.39 is 0 Å². The molecular formula is C12H15NO2. The smallest absolute Gasteiger partial charge is 0.170 e. The molecule has 0 spiro atoms. The van der Waals surface area contributed by atoms with Gasteiger partial charge in [-0.15, -0.1) is 0 Å². The van der Waals surface area contributed by atoms with Crippen molar-refractivity contribution in [3.63, 3.8) is 0 Å². The van der Waals surface area contributed by atoms with Crippen molar-refractivity contribution in [1.82, 2.24) is 4.90 Å². The largest absolute Gasteiger partial charge is 0.302 e. The Morgan fingerprint density at radius 2 is 1.73 bits per heavy atom. The second-order valence-corrected chi connectivity index (χ2v) is 3.74. The maximum absolute atomic E-state index is 11.6. The molecule has 0 aromatic heterocycles. The van der Waals surface area contributed by atoms with Crippen LogP contribution in [0.3, 0.4) is 0 Å². The minimum Gasteiger partial charge on any atom is -0.302 e. The zero-order chi connectivity index (χ0) is 11.3. The average molecular weight is 205 g/mol. The van der Waals surface area contributed by atoms with Crippen molar-refractivity contribution in [3.8, 4) is 0 Å². The Labute approximate surface area is 89.7 Å². The van der Waals surface area contributed by atoms with Crippen LogP contribution in [0.15, 0.2) is 30.3 Å². The highest BCUT2D eigenvalue weighted by atomic mass is 16.1. The van der Waals surface area contributed by atoms with Crippen LogP contribution in [0.4, 0.5) is 0 Å². The van der Waals surface area contributed by atoms with Crippen molar-refractivity contribution in [2.24, 2.45) is 0 Å². The van der Waals surface area contributed by atoms with Gasteiger partial charge < -0.3 is 4.90 Å². The highest BCUT2D eigenvalue weighted by Crippen LogP contribution is 2.03. The second kappa shape index (κ2) is 5.41. The van der Waals surface area contributed by atoms with E-state index in [-0.39, 0.29) is 18.0 Å². The molecule has 1 aromatic rings. The van der Waals surface area contributed by atoms with Crippen LogP contribution < -0.4 is 0 Å². The number of nitrogens with zero attached hydrogens (tertiary/aromatic N) is 1. The Morgan fingerprint density at radius 3 is 2.27 bits per heavy atom. The van der Waals surface area contributed by atoms with E-state index in [1.165, 1.54) is 0 Å². The third-order valence-electron chi connectivity index (χ3n) is 1.95. The molecule has 0 saturated heterocycles. The van der Waals surface area contributed by atoms with Crippen molar-refractivity contribution in [2.75, 3.05) is 20.6 Å². The minimum atomic E-state index is -0.109. The maximum atomic E-state index is 11.6. The van der Waals surface area contributed by atoms with Crippen LogP contribution in [0.2, 0.25) is 0 Å². The summed E-state index contributed by atoms with van der Waals surface area (Å²) in [6, 6.07) is 8.89. The summed E-state index contributed by atoms with van der Waals surface area (Å²) in [7, 11) is 3.62. The molecule has 3 heteroatoms. The van der Waals surface area contributed by atoms with Gasteiger partial charge in [-0.1, -0.05) is 30.3 Å². The van der Waals surface area contributed by atoms with Gasteiger partial charge in [-0.3, -0.25) is 9.59 Å². The molecule has 0 saturated carbocycles. The summed E-state index contributed by atoms with van der Waals surface area (Å²) in [5.74, 6) is -0.156. The molecule has 0 fully saturated rings. The highest BCUT2D eigenvalue weighted by molar-refractivity contribution is 6.08. The first kappa shape index (κ1) is 11.6. The average Bonchev–Trinajstić information content (AvgIpc) is 2.17. The van der Waals surface area contributed by atoms with E-state index in [4.69, 9.17) is 0 Å². The molecular weight excluding hydrogens is 190 g/mol. The molecule has 80 valence electrons. The standard InChI is InChI=1S/C12H15NO2/c1-13(2)9-11(14)8-12(15)10-6-4-3-5-7-10/h3-7H,8-9H2,1-2H3. The first-order chi connectivity index (χ1) is 7.09. The van der Waals surface area contributed by atoms with Gasteiger partial charge in [0.2, 0.25) is 0 Å². The van der Waals surface area contributed by atoms with Gasteiger partial charge in [0.15, 0.2) is 11.6 Å². The van der Waals surface area contributed by atoms with Gasteiger partial charge >= 0.3 is 0 Å². The van der Waals surface area contributed by atoms with Crippen molar-refractivity contribution in [3.05, 3.63) is 35.9 Å². The van der Waals surface area contributed by atoms with E-state index in [2.05, 4.69) is 0 Å². The molecule has 0 heterocycles. The fourth-order valence-electron chi connectivity index (χ4n) is 1.31. The molecule has 0 atom stereocenters. The zero-order valence-electron chi connectivity index (χ0n) is 9.06. The Morgan fingerprint density at radius 1 is 1.13 bits per heavy atom. The molecule has 0 unspecified atom stereocenters. The SMILES string of the molecule is CN(C)CC(=O)CC(=O)c1ccccc1. The number of ketones is 2. The number of rotatable bonds is 5. The number of carbonyl (C=O) groups is 2. The lowest BCUT2D eigenvalue weighted by atomic mass is 10.1. The Bertz CT molecular complexity index is 344. The van der Waals surface area contributed by atoms with Crippen molar-refractivity contribution in [1.29, 1.82) is 0 Å². The van der Waals surface area contributed by atoms with Crippen molar-refractivity contribution in [2.45, 2.75) is 6.42 Å². The maximum Gasteiger partial charge on any atom is 0.170 e. The summed E-state index contributed by atoms with van der Waals surface area (Å²) >= 11 is 0. The van der Waals surface area contributed by atoms with Gasteiger partial charge in [-0.2, -0.15) is 0 Å². The van der Waals surface area contributed by atoms with Crippen LogP contribution in [0.25, 0.3) is 0 Å². The molecule has 3 nitrogen and oxygen atoms in total. The summed E-state index contributed by atoms with van der Waals surface area (Å²) in [4.78, 5) is 24.7.